The standard InChI is InChI=1S/C32H31F3N2O3/c33-32(34,35)23-10-7-20(8-11-23)21-9-16-28-27(18-21)29(22-4-3-17-36-19-22)30(31(38)39)37(28)24-12-14-26(15-13-24)40-25-5-1-2-6-25/h7-16,18,22,25,36H,1-6,17,19H2,(H,38,39). The second-order valence-electron chi connectivity index (χ2n) is 10.8. The van der Waals surface area contributed by atoms with Crippen LogP contribution in [0.4, 0.5) is 13.2 Å². The molecule has 4 aromatic rings. The van der Waals surface area contributed by atoms with E-state index in [0.717, 1.165) is 77.8 Å². The number of ether oxygens (including phenoxy) is 1. The van der Waals surface area contributed by atoms with Gasteiger partial charge in [0, 0.05) is 17.6 Å². The first kappa shape index (κ1) is 26.4. The Morgan fingerprint density at radius 3 is 2.23 bits per heavy atom. The molecule has 0 amide bonds. The van der Waals surface area contributed by atoms with Gasteiger partial charge in [-0.15, -0.1) is 0 Å². The van der Waals surface area contributed by atoms with E-state index in [1.54, 1.807) is 4.57 Å². The van der Waals surface area contributed by atoms with Crippen LogP contribution in [0.25, 0.3) is 27.7 Å². The van der Waals surface area contributed by atoms with E-state index in [0.29, 0.717) is 12.1 Å². The smallest absolute Gasteiger partial charge is 0.416 e. The van der Waals surface area contributed by atoms with Gasteiger partial charge in [-0.25, -0.2) is 4.79 Å². The van der Waals surface area contributed by atoms with Crippen LogP contribution < -0.4 is 10.1 Å². The normalized spacial score (nSPS) is 18.3. The number of carboxylic acids is 1. The second-order valence-corrected chi connectivity index (χ2v) is 10.8. The molecule has 2 N–H and O–H groups in total. The minimum absolute atomic E-state index is 0.00331. The lowest BCUT2D eigenvalue weighted by Crippen LogP contribution is -2.29. The molecule has 2 fully saturated rings. The molecule has 0 bridgehead atoms. The van der Waals surface area contributed by atoms with Gasteiger partial charge < -0.3 is 19.7 Å². The molecular weight excluding hydrogens is 517 g/mol. The number of halogens is 3. The molecule has 1 aromatic heterocycles. The number of alkyl halides is 3. The first-order valence-electron chi connectivity index (χ1n) is 13.9. The number of rotatable bonds is 6. The average Bonchev–Trinajstić information content (AvgIpc) is 3.59. The van der Waals surface area contributed by atoms with E-state index in [-0.39, 0.29) is 17.7 Å². The third kappa shape index (κ3) is 5.08. The predicted molar refractivity (Wildman–Crippen MR) is 148 cm³/mol. The maximum atomic E-state index is 13.1. The van der Waals surface area contributed by atoms with Gasteiger partial charge in [-0.05, 0) is 116 Å². The maximum absolute atomic E-state index is 13.1. The van der Waals surface area contributed by atoms with E-state index in [1.165, 1.54) is 25.0 Å². The van der Waals surface area contributed by atoms with Gasteiger partial charge in [0.1, 0.15) is 11.4 Å². The van der Waals surface area contributed by atoms with E-state index in [9.17, 15) is 23.1 Å². The Hall–Kier alpha value is -3.78. The minimum atomic E-state index is -4.41. The van der Waals surface area contributed by atoms with Crippen molar-refractivity contribution >= 4 is 16.9 Å². The number of aromatic carboxylic acids is 1. The fourth-order valence-electron chi connectivity index (χ4n) is 6.21. The molecule has 1 aliphatic heterocycles. The molecule has 1 unspecified atom stereocenters. The summed E-state index contributed by atoms with van der Waals surface area (Å²) in [6.07, 6.45) is 2.05. The number of hydrogen-bond donors (Lipinski definition) is 2. The fourth-order valence-corrected chi connectivity index (χ4v) is 6.21. The third-order valence-electron chi connectivity index (χ3n) is 8.16. The lowest BCUT2D eigenvalue weighted by atomic mass is 9.88. The van der Waals surface area contributed by atoms with Crippen molar-refractivity contribution in [1.82, 2.24) is 9.88 Å². The predicted octanol–water partition coefficient (Wildman–Crippen LogP) is 7.80. The van der Waals surface area contributed by atoms with E-state index in [2.05, 4.69) is 5.32 Å². The number of piperidine rings is 1. The SMILES string of the molecule is O=C(O)c1c(C2CCCNC2)c2cc(-c3ccc(C(F)(F)F)cc3)ccc2n1-c1ccc(OC2CCCC2)cc1. The second kappa shape index (κ2) is 10.7. The van der Waals surface area contributed by atoms with Crippen molar-refractivity contribution in [3.63, 3.8) is 0 Å². The number of fused-ring (bicyclic) bond motifs is 1. The molecule has 1 saturated heterocycles. The number of hydrogen-bond acceptors (Lipinski definition) is 3. The molecule has 5 nitrogen and oxygen atoms in total. The molecule has 2 heterocycles. The molecule has 2 aliphatic rings. The molecule has 40 heavy (non-hydrogen) atoms. The molecule has 208 valence electrons. The molecule has 1 saturated carbocycles. The highest BCUT2D eigenvalue weighted by Gasteiger charge is 2.31. The summed E-state index contributed by atoms with van der Waals surface area (Å²) in [5.41, 5.74) is 3.12. The van der Waals surface area contributed by atoms with Crippen molar-refractivity contribution in [1.29, 1.82) is 0 Å². The summed E-state index contributed by atoms with van der Waals surface area (Å²) in [6, 6.07) is 18.3. The molecule has 1 aliphatic carbocycles. The Labute approximate surface area is 230 Å². The van der Waals surface area contributed by atoms with E-state index >= 15 is 0 Å². The Morgan fingerprint density at radius 2 is 1.60 bits per heavy atom. The quantitative estimate of drug-likeness (QED) is 0.258. The summed E-state index contributed by atoms with van der Waals surface area (Å²) in [6.45, 7) is 1.55. The summed E-state index contributed by atoms with van der Waals surface area (Å²) in [4.78, 5) is 12.8. The molecule has 8 heteroatoms. The van der Waals surface area contributed by atoms with Crippen molar-refractivity contribution in [2.75, 3.05) is 13.1 Å². The van der Waals surface area contributed by atoms with Crippen molar-refractivity contribution in [2.45, 2.75) is 56.7 Å². The highest BCUT2D eigenvalue weighted by atomic mass is 19.4. The van der Waals surface area contributed by atoms with Crippen LogP contribution in [0.15, 0.2) is 66.7 Å². The van der Waals surface area contributed by atoms with E-state index in [4.69, 9.17) is 4.74 Å². The highest BCUT2D eigenvalue weighted by Crippen LogP contribution is 2.40. The van der Waals surface area contributed by atoms with Crippen LogP contribution in [0.1, 0.15) is 66.1 Å². The number of benzene rings is 3. The van der Waals surface area contributed by atoms with Crippen molar-refractivity contribution in [3.8, 4) is 22.6 Å². The lowest BCUT2D eigenvalue weighted by Gasteiger charge is -2.23. The zero-order valence-electron chi connectivity index (χ0n) is 22.0. The Kier molecular flexibility index (Phi) is 7.04. The van der Waals surface area contributed by atoms with Crippen LogP contribution in [0.2, 0.25) is 0 Å². The molecule has 1 atom stereocenters. The van der Waals surface area contributed by atoms with Crippen molar-refractivity contribution in [3.05, 3.63) is 83.6 Å². The zero-order valence-corrected chi connectivity index (χ0v) is 22.0. The van der Waals surface area contributed by atoms with Crippen LogP contribution >= 0.6 is 0 Å². The van der Waals surface area contributed by atoms with Gasteiger partial charge in [0.15, 0.2) is 0 Å². The summed E-state index contributed by atoms with van der Waals surface area (Å²) in [7, 11) is 0. The topological polar surface area (TPSA) is 63.5 Å². The van der Waals surface area contributed by atoms with Gasteiger partial charge in [-0.3, -0.25) is 0 Å². The maximum Gasteiger partial charge on any atom is 0.416 e. The van der Waals surface area contributed by atoms with Gasteiger partial charge in [0.05, 0.1) is 17.2 Å². The molecule has 3 aromatic carbocycles. The van der Waals surface area contributed by atoms with Gasteiger partial charge in [0.25, 0.3) is 0 Å². The van der Waals surface area contributed by atoms with E-state index in [1.807, 2.05) is 42.5 Å². The average molecular weight is 549 g/mol. The molecule has 6 rings (SSSR count). The Bertz CT molecular complexity index is 1510. The number of carboxylic acid groups (broad SMARTS) is 1. The van der Waals surface area contributed by atoms with Gasteiger partial charge in [0.2, 0.25) is 0 Å². The van der Waals surface area contributed by atoms with Crippen LogP contribution in [0, 0.1) is 0 Å². The first-order valence-corrected chi connectivity index (χ1v) is 13.9. The Balaban J connectivity index is 1.47. The fraction of sp³-hybridized carbons (Fsp3) is 0.344. The monoisotopic (exact) mass is 548 g/mol. The lowest BCUT2D eigenvalue weighted by molar-refractivity contribution is -0.137. The van der Waals surface area contributed by atoms with E-state index < -0.39 is 17.7 Å². The van der Waals surface area contributed by atoms with Crippen LogP contribution in [-0.4, -0.2) is 34.8 Å². The van der Waals surface area contributed by atoms with Crippen molar-refractivity contribution < 1.29 is 27.8 Å². The molecule has 0 spiro atoms. The number of nitrogens with one attached hydrogen (secondary N) is 1. The number of aromatic nitrogens is 1. The summed E-state index contributed by atoms with van der Waals surface area (Å²) in [5, 5.41) is 14.7. The van der Waals surface area contributed by atoms with Crippen LogP contribution in [0.5, 0.6) is 5.75 Å². The third-order valence-corrected chi connectivity index (χ3v) is 8.16. The minimum Gasteiger partial charge on any atom is -0.490 e. The largest absolute Gasteiger partial charge is 0.490 e. The summed E-state index contributed by atoms with van der Waals surface area (Å²) < 4.78 is 47.3. The van der Waals surface area contributed by atoms with Crippen LogP contribution in [0.3, 0.4) is 0 Å². The molecule has 0 radical (unpaired) electrons. The van der Waals surface area contributed by atoms with Gasteiger partial charge >= 0.3 is 12.1 Å². The van der Waals surface area contributed by atoms with Crippen LogP contribution in [-0.2, 0) is 6.18 Å². The van der Waals surface area contributed by atoms with Gasteiger partial charge in [-0.1, -0.05) is 18.2 Å². The van der Waals surface area contributed by atoms with Gasteiger partial charge in [-0.2, -0.15) is 13.2 Å². The number of carbonyl (C=O) groups is 1. The number of nitrogens with zero attached hydrogens (tertiary/aromatic N) is 1. The zero-order chi connectivity index (χ0) is 27.9. The Morgan fingerprint density at radius 1 is 0.900 bits per heavy atom. The van der Waals surface area contributed by atoms with Crippen molar-refractivity contribution in [2.24, 2.45) is 0 Å². The highest BCUT2D eigenvalue weighted by molar-refractivity contribution is 6.01. The summed E-state index contributed by atoms with van der Waals surface area (Å²) >= 11 is 0. The molecular formula is C32H31F3N2O3. The first-order chi connectivity index (χ1) is 19.3. The summed E-state index contributed by atoms with van der Waals surface area (Å²) in [5.74, 6) is -0.249.